The van der Waals surface area contributed by atoms with Crippen LogP contribution in [0.15, 0.2) is 21.9 Å². The number of nitrogens with zero attached hydrogens (tertiary/aromatic N) is 1. The van der Waals surface area contributed by atoms with Gasteiger partial charge in [0.2, 0.25) is 5.91 Å². The molecule has 12 nitrogen and oxygen atoms in total. The SMILES string of the molecule is CCCCCCC(N)C(=O)N[C@H](C(=O)O)[C@H]1O[C@@H](n2ccc(=O)[nH]c2=O)[C@H](O)[C@@H]1O. The molecule has 30 heavy (non-hydrogen) atoms. The number of aliphatic hydroxyl groups excluding tert-OH is 2. The summed E-state index contributed by atoms with van der Waals surface area (Å²) >= 11 is 0. The number of aliphatic carboxylic acids is 1. The Hall–Kier alpha value is -2.54. The molecule has 1 amide bonds. The Morgan fingerprint density at radius 3 is 2.57 bits per heavy atom. The Labute approximate surface area is 171 Å². The molecule has 1 unspecified atom stereocenters. The lowest BCUT2D eigenvalue weighted by atomic mass is 10.0. The molecule has 1 fully saturated rings. The third-order valence-corrected chi connectivity index (χ3v) is 5.00. The summed E-state index contributed by atoms with van der Waals surface area (Å²) in [7, 11) is 0. The van der Waals surface area contributed by atoms with Gasteiger partial charge >= 0.3 is 11.7 Å². The van der Waals surface area contributed by atoms with Crippen LogP contribution >= 0.6 is 0 Å². The van der Waals surface area contributed by atoms with Gasteiger partial charge < -0.3 is 31.1 Å². The van der Waals surface area contributed by atoms with Gasteiger partial charge in [-0.05, 0) is 6.42 Å². The summed E-state index contributed by atoms with van der Waals surface area (Å²) in [5, 5.41) is 32.3. The molecule has 0 aliphatic carbocycles. The maximum absolute atomic E-state index is 12.3. The minimum atomic E-state index is -1.73. The van der Waals surface area contributed by atoms with Crippen LogP contribution in [0.2, 0.25) is 0 Å². The van der Waals surface area contributed by atoms with E-state index in [9.17, 15) is 34.5 Å². The summed E-state index contributed by atoms with van der Waals surface area (Å²) < 4.78 is 6.23. The quantitative estimate of drug-likeness (QED) is 0.229. The highest BCUT2D eigenvalue weighted by molar-refractivity contribution is 5.87. The van der Waals surface area contributed by atoms with Gasteiger partial charge in [-0.1, -0.05) is 32.6 Å². The zero-order valence-corrected chi connectivity index (χ0v) is 16.6. The molecule has 0 saturated carbocycles. The van der Waals surface area contributed by atoms with Gasteiger partial charge in [-0.25, -0.2) is 9.59 Å². The number of carboxylic acids is 1. The van der Waals surface area contributed by atoms with E-state index in [1.165, 1.54) is 0 Å². The van der Waals surface area contributed by atoms with E-state index in [-0.39, 0.29) is 0 Å². The lowest BCUT2D eigenvalue weighted by Crippen LogP contribution is -2.56. The molecule has 1 aliphatic heterocycles. The van der Waals surface area contributed by atoms with E-state index in [0.29, 0.717) is 12.8 Å². The highest BCUT2D eigenvalue weighted by atomic mass is 16.6. The van der Waals surface area contributed by atoms with E-state index in [1.807, 2.05) is 11.9 Å². The average Bonchev–Trinajstić information content (AvgIpc) is 2.97. The molecule has 2 heterocycles. The molecule has 0 aromatic carbocycles. The van der Waals surface area contributed by atoms with Gasteiger partial charge in [0.25, 0.3) is 5.56 Å². The fraction of sp³-hybridized carbons (Fsp3) is 0.667. The van der Waals surface area contributed by atoms with Crippen molar-refractivity contribution in [2.24, 2.45) is 5.73 Å². The van der Waals surface area contributed by atoms with Gasteiger partial charge in [-0.15, -0.1) is 0 Å². The zero-order chi connectivity index (χ0) is 22.4. The van der Waals surface area contributed by atoms with E-state index >= 15 is 0 Å². The number of hydrogen-bond donors (Lipinski definition) is 6. The molecule has 168 valence electrons. The number of carbonyl (C=O) groups is 2. The van der Waals surface area contributed by atoms with Gasteiger partial charge in [0.1, 0.15) is 18.3 Å². The van der Waals surface area contributed by atoms with Crippen LogP contribution in [0.1, 0.15) is 45.3 Å². The number of rotatable bonds is 10. The first-order chi connectivity index (χ1) is 14.2. The van der Waals surface area contributed by atoms with Gasteiger partial charge in [0, 0.05) is 12.3 Å². The normalized spacial score (nSPS) is 25.6. The van der Waals surface area contributed by atoms with Crippen molar-refractivity contribution in [3.63, 3.8) is 0 Å². The second-order valence-corrected chi connectivity index (χ2v) is 7.27. The first kappa shape index (κ1) is 23.7. The number of carboxylic acid groups (broad SMARTS) is 1. The predicted octanol–water partition coefficient (Wildman–Crippen LogP) is -1.98. The maximum atomic E-state index is 12.3. The first-order valence-electron chi connectivity index (χ1n) is 9.79. The second kappa shape index (κ2) is 10.5. The monoisotopic (exact) mass is 428 g/mol. The van der Waals surface area contributed by atoms with E-state index in [4.69, 9.17) is 10.5 Å². The second-order valence-electron chi connectivity index (χ2n) is 7.27. The lowest BCUT2D eigenvalue weighted by Gasteiger charge is -2.24. The Kier molecular flexibility index (Phi) is 8.29. The van der Waals surface area contributed by atoms with Crippen LogP contribution in [0.25, 0.3) is 0 Å². The van der Waals surface area contributed by atoms with Gasteiger partial charge in [-0.3, -0.25) is 19.1 Å². The molecule has 0 bridgehead atoms. The van der Waals surface area contributed by atoms with E-state index in [0.717, 1.165) is 36.1 Å². The molecule has 7 N–H and O–H groups in total. The highest BCUT2D eigenvalue weighted by Gasteiger charge is 2.50. The van der Waals surface area contributed by atoms with Crippen molar-refractivity contribution < 1.29 is 29.6 Å². The van der Waals surface area contributed by atoms with Crippen LogP contribution < -0.4 is 22.3 Å². The number of aromatic amines is 1. The Morgan fingerprint density at radius 2 is 1.97 bits per heavy atom. The number of carbonyl (C=O) groups excluding carboxylic acids is 1. The lowest BCUT2D eigenvalue weighted by molar-refractivity contribution is -0.149. The van der Waals surface area contributed by atoms with Crippen molar-refractivity contribution in [3.05, 3.63) is 33.1 Å². The summed E-state index contributed by atoms with van der Waals surface area (Å²) in [5.41, 5.74) is 4.24. The summed E-state index contributed by atoms with van der Waals surface area (Å²) in [4.78, 5) is 49.1. The molecule has 0 spiro atoms. The van der Waals surface area contributed by atoms with Gasteiger partial charge in [0.05, 0.1) is 6.04 Å². The third-order valence-electron chi connectivity index (χ3n) is 5.00. The molecule has 2 rings (SSSR count). The largest absolute Gasteiger partial charge is 0.480 e. The smallest absolute Gasteiger partial charge is 0.330 e. The number of hydrogen-bond acceptors (Lipinski definition) is 8. The van der Waals surface area contributed by atoms with Crippen molar-refractivity contribution in [1.82, 2.24) is 14.9 Å². The number of aliphatic hydroxyl groups is 2. The van der Waals surface area contributed by atoms with Crippen LogP contribution in [0.5, 0.6) is 0 Å². The Balaban J connectivity index is 2.11. The number of nitrogens with two attached hydrogens (primary N) is 1. The fourth-order valence-corrected chi connectivity index (χ4v) is 3.29. The standard InChI is InChI=1S/C18H28N4O8/c1-2-3-4-5-6-9(19)15(26)21-11(17(27)28)14-12(24)13(25)16(30-14)22-8-7-10(23)20-18(22)29/h7-9,11-14,16,24-25H,2-6,19H2,1H3,(H,21,26)(H,27,28)(H,20,23,29)/t9?,11-,12-,13+,14+,16+/m0/s1. The summed E-state index contributed by atoms with van der Waals surface area (Å²) in [6.07, 6.45) is -1.40. The maximum Gasteiger partial charge on any atom is 0.330 e. The molecule has 1 aromatic heterocycles. The van der Waals surface area contributed by atoms with Crippen LogP contribution in [0, 0.1) is 0 Å². The van der Waals surface area contributed by atoms with E-state index in [1.54, 1.807) is 0 Å². The molecule has 12 heteroatoms. The average molecular weight is 428 g/mol. The Morgan fingerprint density at radius 1 is 1.27 bits per heavy atom. The van der Waals surface area contributed by atoms with Crippen LogP contribution in [-0.4, -0.2) is 67.1 Å². The molecule has 6 atom stereocenters. The Bertz CT molecular complexity index is 853. The minimum absolute atomic E-state index is 0.365. The fourth-order valence-electron chi connectivity index (χ4n) is 3.29. The molecule has 1 aromatic rings. The van der Waals surface area contributed by atoms with Crippen molar-refractivity contribution >= 4 is 11.9 Å². The number of H-pyrrole nitrogens is 1. The van der Waals surface area contributed by atoms with Crippen LogP contribution in [-0.2, 0) is 14.3 Å². The zero-order valence-electron chi connectivity index (χ0n) is 16.6. The molecular formula is C18H28N4O8. The minimum Gasteiger partial charge on any atom is -0.480 e. The topological polar surface area (TPSA) is 197 Å². The van der Waals surface area contributed by atoms with Crippen LogP contribution in [0.4, 0.5) is 0 Å². The predicted molar refractivity (Wildman–Crippen MR) is 104 cm³/mol. The molecule has 1 saturated heterocycles. The van der Waals surface area contributed by atoms with E-state index in [2.05, 4.69) is 5.32 Å². The number of nitrogens with one attached hydrogen (secondary N) is 2. The number of aromatic nitrogens is 2. The number of amides is 1. The van der Waals surface area contributed by atoms with Crippen molar-refractivity contribution in [2.75, 3.05) is 0 Å². The molecule has 0 radical (unpaired) electrons. The van der Waals surface area contributed by atoms with Crippen molar-refractivity contribution in [3.8, 4) is 0 Å². The van der Waals surface area contributed by atoms with Crippen molar-refractivity contribution in [1.29, 1.82) is 0 Å². The van der Waals surface area contributed by atoms with Crippen LogP contribution in [0.3, 0.4) is 0 Å². The summed E-state index contributed by atoms with van der Waals surface area (Å²) in [6, 6.07) is -1.65. The highest BCUT2D eigenvalue weighted by Crippen LogP contribution is 2.30. The summed E-state index contributed by atoms with van der Waals surface area (Å²) in [6.45, 7) is 2.04. The number of unbranched alkanes of at least 4 members (excludes halogenated alkanes) is 3. The van der Waals surface area contributed by atoms with Crippen molar-refractivity contribution in [2.45, 2.75) is 75.7 Å². The van der Waals surface area contributed by atoms with Gasteiger partial charge in [0.15, 0.2) is 12.3 Å². The number of ether oxygens (including phenoxy) is 1. The van der Waals surface area contributed by atoms with Gasteiger partial charge in [-0.2, -0.15) is 0 Å². The third kappa shape index (κ3) is 5.53. The first-order valence-corrected chi connectivity index (χ1v) is 9.79. The van der Waals surface area contributed by atoms with E-state index < -0.39 is 59.7 Å². The molecule has 1 aliphatic rings. The molecular weight excluding hydrogens is 400 g/mol. The summed E-state index contributed by atoms with van der Waals surface area (Å²) in [5.74, 6) is -2.24.